The summed E-state index contributed by atoms with van der Waals surface area (Å²) in [5.74, 6) is 0. The first-order valence-electron chi connectivity index (χ1n) is 5.40. The van der Waals surface area contributed by atoms with Gasteiger partial charge in [-0.05, 0) is 69.4 Å². The number of benzene rings is 1. The van der Waals surface area contributed by atoms with Crippen LogP contribution in [0.4, 0.5) is 5.69 Å². The molecule has 0 fully saturated rings. The highest BCUT2D eigenvalue weighted by Gasteiger charge is 2.13. The molecule has 0 bridgehead atoms. The number of nitrogens with two attached hydrogens (primary N) is 1. The van der Waals surface area contributed by atoms with E-state index in [1.807, 2.05) is 0 Å². The summed E-state index contributed by atoms with van der Waals surface area (Å²) in [5, 5.41) is 0. The Morgan fingerprint density at radius 1 is 0.933 bits per heavy atom. The molecule has 0 aromatic heterocycles. The molecule has 0 atom stereocenters. The van der Waals surface area contributed by atoms with Crippen LogP contribution >= 0.6 is 0 Å². The van der Waals surface area contributed by atoms with E-state index in [1.165, 1.54) is 33.4 Å². The third-order valence-electron chi connectivity index (χ3n) is 3.56. The Morgan fingerprint density at radius 2 is 1.40 bits per heavy atom. The van der Waals surface area contributed by atoms with Gasteiger partial charge in [0.25, 0.3) is 0 Å². The summed E-state index contributed by atoms with van der Waals surface area (Å²) in [7, 11) is 0. The Morgan fingerprint density at radius 3 is 1.87 bits per heavy atom. The normalized spacial score (nSPS) is 12.0. The fourth-order valence-electron chi connectivity index (χ4n) is 1.99. The first-order valence-corrected chi connectivity index (χ1v) is 5.40. The summed E-state index contributed by atoms with van der Waals surface area (Å²) in [5.41, 5.74) is 14.8. The van der Waals surface area contributed by atoms with Gasteiger partial charge in [0, 0.05) is 11.3 Å². The van der Waals surface area contributed by atoms with Crippen molar-refractivity contribution >= 4 is 11.3 Å². The molecule has 0 saturated carbocycles. The van der Waals surface area contributed by atoms with Crippen LogP contribution in [0.3, 0.4) is 0 Å². The molecule has 0 heterocycles. The summed E-state index contributed by atoms with van der Waals surface area (Å²) < 4.78 is 0. The van der Waals surface area contributed by atoms with Crippen molar-refractivity contribution in [3.63, 3.8) is 0 Å². The minimum Gasteiger partial charge on any atom is -0.398 e. The predicted molar refractivity (Wildman–Crippen MR) is 69.1 cm³/mol. The van der Waals surface area contributed by atoms with E-state index in [2.05, 4.69) is 47.6 Å². The van der Waals surface area contributed by atoms with Crippen LogP contribution in [0.2, 0.25) is 0 Å². The van der Waals surface area contributed by atoms with Crippen LogP contribution < -0.4 is 5.73 Å². The average molecular weight is 203 g/mol. The van der Waals surface area contributed by atoms with Gasteiger partial charge in [-0.2, -0.15) is 0 Å². The highest BCUT2D eigenvalue weighted by atomic mass is 14.6. The molecule has 15 heavy (non-hydrogen) atoms. The van der Waals surface area contributed by atoms with Crippen molar-refractivity contribution in [2.24, 2.45) is 0 Å². The standard InChI is InChI=1S/C14H21N/c1-7-8(2)13-11(5)9(3)10(4)12(6)14(13)15/h7H,15H2,1-6H3/b8-7+. The van der Waals surface area contributed by atoms with Gasteiger partial charge in [-0.25, -0.2) is 0 Å². The van der Waals surface area contributed by atoms with Gasteiger partial charge >= 0.3 is 0 Å². The highest BCUT2D eigenvalue weighted by Crippen LogP contribution is 2.33. The maximum absolute atomic E-state index is 6.19. The molecule has 0 aliphatic rings. The molecule has 82 valence electrons. The highest BCUT2D eigenvalue weighted by molar-refractivity contribution is 5.80. The minimum atomic E-state index is 0.936. The number of hydrogen-bond acceptors (Lipinski definition) is 1. The molecule has 0 radical (unpaired) electrons. The molecule has 1 heteroatoms. The van der Waals surface area contributed by atoms with E-state index in [9.17, 15) is 0 Å². The molecule has 1 aromatic carbocycles. The Bertz CT molecular complexity index is 396. The molecule has 1 rings (SSSR count). The van der Waals surface area contributed by atoms with Crippen LogP contribution in [0.15, 0.2) is 6.08 Å². The SMILES string of the molecule is C/C=C(\C)c1c(C)c(C)c(C)c(C)c1N. The van der Waals surface area contributed by atoms with Crippen LogP contribution in [0.25, 0.3) is 5.57 Å². The molecule has 0 aliphatic carbocycles. The fourth-order valence-corrected chi connectivity index (χ4v) is 1.99. The first-order chi connectivity index (χ1) is 6.91. The largest absolute Gasteiger partial charge is 0.398 e. The maximum Gasteiger partial charge on any atom is 0.0425 e. The van der Waals surface area contributed by atoms with Gasteiger partial charge in [0.15, 0.2) is 0 Å². The second-order valence-corrected chi connectivity index (χ2v) is 4.26. The van der Waals surface area contributed by atoms with Crippen LogP contribution in [0.1, 0.15) is 41.7 Å². The van der Waals surface area contributed by atoms with Gasteiger partial charge in [0.05, 0.1) is 0 Å². The van der Waals surface area contributed by atoms with E-state index in [4.69, 9.17) is 5.73 Å². The van der Waals surface area contributed by atoms with E-state index in [0.717, 1.165) is 5.69 Å². The molecule has 0 spiro atoms. The number of rotatable bonds is 1. The van der Waals surface area contributed by atoms with Crippen molar-refractivity contribution in [1.29, 1.82) is 0 Å². The lowest BCUT2D eigenvalue weighted by atomic mass is 9.89. The lowest BCUT2D eigenvalue weighted by Crippen LogP contribution is -2.04. The Labute approximate surface area is 93.0 Å². The summed E-state index contributed by atoms with van der Waals surface area (Å²) >= 11 is 0. The van der Waals surface area contributed by atoms with Crippen molar-refractivity contribution in [1.82, 2.24) is 0 Å². The molecule has 0 saturated heterocycles. The first kappa shape index (κ1) is 11.8. The van der Waals surface area contributed by atoms with Gasteiger partial charge in [0.2, 0.25) is 0 Å². The van der Waals surface area contributed by atoms with Gasteiger partial charge in [-0.3, -0.25) is 0 Å². The predicted octanol–water partition coefficient (Wildman–Crippen LogP) is 3.93. The zero-order chi connectivity index (χ0) is 11.7. The molecule has 1 aromatic rings. The number of anilines is 1. The van der Waals surface area contributed by atoms with Crippen LogP contribution in [-0.2, 0) is 0 Å². The molecule has 1 nitrogen and oxygen atoms in total. The molecule has 0 amide bonds. The van der Waals surface area contributed by atoms with Crippen LogP contribution in [0.5, 0.6) is 0 Å². The quantitative estimate of drug-likeness (QED) is 0.688. The van der Waals surface area contributed by atoms with E-state index in [1.54, 1.807) is 0 Å². The zero-order valence-corrected chi connectivity index (χ0v) is 10.7. The van der Waals surface area contributed by atoms with Gasteiger partial charge in [0.1, 0.15) is 0 Å². The maximum atomic E-state index is 6.19. The van der Waals surface area contributed by atoms with Crippen molar-refractivity contribution in [2.45, 2.75) is 41.5 Å². The lowest BCUT2D eigenvalue weighted by molar-refractivity contribution is 1.20. The van der Waals surface area contributed by atoms with Gasteiger partial charge < -0.3 is 5.73 Å². The summed E-state index contributed by atoms with van der Waals surface area (Å²) in [6.45, 7) is 12.7. The fraction of sp³-hybridized carbons (Fsp3) is 0.429. The minimum absolute atomic E-state index is 0.936. The topological polar surface area (TPSA) is 26.0 Å². The van der Waals surface area contributed by atoms with E-state index in [0.29, 0.717) is 0 Å². The lowest BCUT2D eigenvalue weighted by Gasteiger charge is -2.18. The molecular weight excluding hydrogens is 182 g/mol. The smallest absolute Gasteiger partial charge is 0.0425 e. The van der Waals surface area contributed by atoms with E-state index < -0.39 is 0 Å². The van der Waals surface area contributed by atoms with Gasteiger partial charge in [-0.1, -0.05) is 6.08 Å². The summed E-state index contributed by atoms with van der Waals surface area (Å²) in [6.07, 6.45) is 2.12. The molecule has 2 N–H and O–H groups in total. The number of nitrogen functional groups attached to an aromatic ring is 1. The van der Waals surface area contributed by atoms with Gasteiger partial charge in [-0.15, -0.1) is 0 Å². The molecular formula is C14H21N. The summed E-state index contributed by atoms with van der Waals surface area (Å²) in [4.78, 5) is 0. The third kappa shape index (κ3) is 1.79. The van der Waals surface area contributed by atoms with Crippen LogP contribution in [0, 0.1) is 27.7 Å². The van der Waals surface area contributed by atoms with E-state index >= 15 is 0 Å². The molecule has 0 unspecified atom stereocenters. The van der Waals surface area contributed by atoms with Crippen molar-refractivity contribution < 1.29 is 0 Å². The Balaban J connectivity index is 3.67. The van der Waals surface area contributed by atoms with Crippen molar-refractivity contribution in [3.8, 4) is 0 Å². The van der Waals surface area contributed by atoms with Crippen molar-refractivity contribution in [2.75, 3.05) is 5.73 Å². The Kier molecular flexibility index (Phi) is 3.23. The second-order valence-electron chi connectivity index (χ2n) is 4.26. The molecule has 0 aliphatic heterocycles. The number of hydrogen-bond donors (Lipinski definition) is 1. The average Bonchev–Trinajstić information content (AvgIpc) is 2.23. The van der Waals surface area contributed by atoms with Crippen molar-refractivity contribution in [3.05, 3.63) is 33.9 Å². The Hall–Kier alpha value is -1.24. The third-order valence-corrected chi connectivity index (χ3v) is 3.56. The summed E-state index contributed by atoms with van der Waals surface area (Å²) in [6, 6.07) is 0. The van der Waals surface area contributed by atoms with E-state index in [-0.39, 0.29) is 0 Å². The van der Waals surface area contributed by atoms with Crippen LogP contribution in [-0.4, -0.2) is 0 Å². The second kappa shape index (κ2) is 4.09. The number of allylic oxidation sites excluding steroid dienone is 2. The zero-order valence-electron chi connectivity index (χ0n) is 10.7. The monoisotopic (exact) mass is 203 g/mol.